The second-order valence-electron chi connectivity index (χ2n) is 8.67. The monoisotopic (exact) mass is 577 g/mol. The van der Waals surface area contributed by atoms with Crippen LogP contribution in [0.4, 0.5) is 15.8 Å². The number of amides is 1. The van der Waals surface area contributed by atoms with E-state index >= 15 is 0 Å². The molecule has 0 spiro atoms. The van der Waals surface area contributed by atoms with Crippen molar-refractivity contribution in [3.05, 3.63) is 71.5 Å². The van der Waals surface area contributed by atoms with Gasteiger partial charge in [0.15, 0.2) is 11.5 Å². The number of benzene rings is 3. The Morgan fingerprint density at radius 2 is 1.56 bits per heavy atom. The van der Waals surface area contributed by atoms with E-state index in [4.69, 9.17) is 25.8 Å². The highest BCUT2D eigenvalue weighted by Crippen LogP contribution is 2.33. The molecule has 1 amide bonds. The van der Waals surface area contributed by atoms with Crippen LogP contribution in [0.1, 0.15) is 0 Å². The molecule has 3 aromatic rings. The molecular weight excluding hydrogens is 549 g/mol. The Morgan fingerprint density at radius 3 is 2.21 bits per heavy atom. The lowest BCUT2D eigenvalue weighted by molar-refractivity contribution is -0.129. The fraction of sp³-hybridized carbons (Fsp3) is 0.296. The van der Waals surface area contributed by atoms with E-state index in [1.807, 2.05) is 24.3 Å². The minimum Gasteiger partial charge on any atom is -0.495 e. The fourth-order valence-electron chi connectivity index (χ4n) is 4.37. The number of ether oxygens (including phenoxy) is 3. The quantitative estimate of drug-likeness (QED) is 0.379. The number of rotatable bonds is 9. The molecule has 0 aliphatic carbocycles. The van der Waals surface area contributed by atoms with E-state index in [0.717, 1.165) is 21.8 Å². The van der Waals surface area contributed by atoms with Gasteiger partial charge in [-0.25, -0.2) is 12.8 Å². The summed E-state index contributed by atoms with van der Waals surface area (Å²) in [6.07, 6.45) is 0. The molecule has 9 nitrogen and oxygen atoms in total. The van der Waals surface area contributed by atoms with Gasteiger partial charge in [-0.1, -0.05) is 23.7 Å². The van der Waals surface area contributed by atoms with Gasteiger partial charge >= 0.3 is 0 Å². The highest BCUT2D eigenvalue weighted by Gasteiger charge is 2.31. The van der Waals surface area contributed by atoms with Gasteiger partial charge in [-0.2, -0.15) is 0 Å². The highest BCUT2D eigenvalue weighted by molar-refractivity contribution is 7.92. The van der Waals surface area contributed by atoms with Gasteiger partial charge in [-0.05, 0) is 42.5 Å². The van der Waals surface area contributed by atoms with E-state index in [0.29, 0.717) is 31.9 Å². The topological polar surface area (TPSA) is 88.6 Å². The van der Waals surface area contributed by atoms with E-state index in [-0.39, 0.29) is 21.4 Å². The van der Waals surface area contributed by atoms with Gasteiger partial charge < -0.3 is 24.0 Å². The summed E-state index contributed by atoms with van der Waals surface area (Å²) in [5.74, 6) is 0.172. The standard InChI is InChI=1S/C27H29ClFN3O6S/c1-36-24-7-5-4-6-23(24)30-12-14-31(15-13-30)27(33)18-32(19-8-10-22(29)21(28)16-19)39(34,35)20-9-11-25(37-2)26(17-20)38-3/h4-11,16-17H,12-15,18H2,1-3H3. The number of carbonyl (C=O) groups is 1. The van der Waals surface area contributed by atoms with Crippen molar-refractivity contribution in [1.82, 2.24) is 4.90 Å². The average Bonchev–Trinajstić information content (AvgIpc) is 2.96. The summed E-state index contributed by atoms with van der Waals surface area (Å²) in [5, 5.41) is -0.266. The molecule has 12 heteroatoms. The molecule has 1 heterocycles. The predicted octanol–water partition coefficient (Wildman–Crippen LogP) is 4.05. The third kappa shape index (κ3) is 5.99. The number of carbonyl (C=O) groups excluding carboxylic acids is 1. The molecule has 4 rings (SSSR count). The van der Waals surface area contributed by atoms with Crippen LogP contribution in [0.3, 0.4) is 0 Å². The van der Waals surface area contributed by atoms with Gasteiger partial charge in [0.2, 0.25) is 5.91 Å². The Labute approximate surface area is 232 Å². The largest absolute Gasteiger partial charge is 0.495 e. The zero-order chi connectivity index (χ0) is 28.2. The van der Waals surface area contributed by atoms with Gasteiger partial charge in [-0.3, -0.25) is 9.10 Å². The number of anilines is 2. The molecule has 0 bridgehead atoms. The van der Waals surface area contributed by atoms with Crippen LogP contribution in [0.5, 0.6) is 17.2 Å². The first-order valence-corrected chi connectivity index (χ1v) is 13.9. The van der Waals surface area contributed by atoms with Crippen LogP contribution in [0.2, 0.25) is 5.02 Å². The molecule has 1 aliphatic heterocycles. The normalized spacial score (nSPS) is 13.7. The van der Waals surface area contributed by atoms with Crippen LogP contribution < -0.4 is 23.4 Å². The number of sulfonamides is 1. The van der Waals surface area contributed by atoms with Crippen molar-refractivity contribution >= 4 is 38.9 Å². The molecule has 0 radical (unpaired) electrons. The second kappa shape index (κ2) is 12.0. The van der Waals surface area contributed by atoms with Crippen LogP contribution in [0.15, 0.2) is 65.6 Å². The molecule has 1 fully saturated rings. The van der Waals surface area contributed by atoms with Crippen molar-refractivity contribution in [2.75, 3.05) is 63.3 Å². The van der Waals surface area contributed by atoms with E-state index in [1.54, 1.807) is 12.0 Å². The first-order valence-electron chi connectivity index (χ1n) is 12.0. The Balaban J connectivity index is 1.60. The number of para-hydroxylation sites is 2. The average molecular weight is 578 g/mol. The maximum atomic E-state index is 13.9. The summed E-state index contributed by atoms with van der Waals surface area (Å²) in [6.45, 7) is 1.33. The lowest BCUT2D eigenvalue weighted by Crippen LogP contribution is -2.52. The van der Waals surface area contributed by atoms with Gasteiger partial charge in [0.1, 0.15) is 18.1 Å². The number of nitrogens with zero attached hydrogens (tertiary/aromatic N) is 3. The van der Waals surface area contributed by atoms with E-state index in [9.17, 15) is 17.6 Å². The van der Waals surface area contributed by atoms with Gasteiger partial charge in [0.05, 0.1) is 42.6 Å². The lowest BCUT2D eigenvalue weighted by Gasteiger charge is -2.37. The Hall–Kier alpha value is -3.70. The SMILES string of the molecule is COc1ccc(S(=O)(=O)N(CC(=O)N2CCN(c3ccccc3OC)CC2)c2ccc(F)c(Cl)c2)cc1OC. The maximum absolute atomic E-state index is 13.9. The van der Waals surface area contributed by atoms with Crippen molar-refractivity contribution in [2.24, 2.45) is 0 Å². The first-order chi connectivity index (χ1) is 18.7. The summed E-state index contributed by atoms with van der Waals surface area (Å²) < 4.78 is 58.4. The third-order valence-electron chi connectivity index (χ3n) is 6.47. The van der Waals surface area contributed by atoms with Crippen molar-refractivity contribution < 1.29 is 31.8 Å². The predicted molar refractivity (Wildman–Crippen MR) is 147 cm³/mol. The summed E-state index contributed by atoms with van der Waals surface area (Å²) in [5.41, 5.74) is 0.975. The van der Waals surface area contributed by atoms with Crippen LogP contribution in [-0.4, -0.2) is 73.3 Å². The minimum atomic E-state index is -4.30. The Bertz CT molecular complexity index is 1450. The first kappa shape index (κ1) is 28.3. The van der Waals surface area contributed by atoms with Crippen molar-refractivity contribution in [3.63, 3.8) is 0 Å². The molecule has 0 atom stereocenters. The summed E-state index contributed by atoms with van der Waals surface area (Å²) >= 11 is 5.98. The molecule has 0 unspecified atom stereocenters. The van der Waals surface area contributed by atoms with Crippen LogP contribution in [0.25, 0.3) is 0 Å². The second-order valence-corrected chi connectivity index (χ2v) is 10.9. The highest BCUT2D eigenvalue weighted by atomic mass is 35.5. The zero-order valence-electron chi connectivity index (χ0n) is 21.8. The van der Waals surface area contributed by atoms with Crippen molar-refractivity contribution in [3.8, 4) is 17.2 Å². The maximum Gasteiger partial charge on any atom is 0.264 e. The fourth-order valence-corrected chi connectivity index (χ4v) is 5.97. The third-order valence-corrected chi connectivity index (χ3v) is 8.53. The van der Waals surface area contributed by atoms with Crippen molar-refractivity contribution in [1.29, 1.82) is 0 Å². The number of hydrogen-bond donors (Lipinski definition) is 0. The van der Waals surface area contributed by atoms with E-state index in [2.05, 4.69) is 4.90 Å². The smallest absolute Gasteiger partial charge is 0.264 e. The van der Waals surface area contributed by atoms with Crippen molar-refractivity contribution in [2.45, 2.75) is 4.90 Å². The van der Waals surface area contributed by atoms with Crippen LogP contribution in [0, 0.1) is 5.82 Å². The summed E-state index contributed by atoms with van der Waals surface area (Å²) in [4.78, 5) is 17.0. The minimum absolute atomic E-state index is 0.0530. The molecule has 208 valence electrons. The Kier molecular flexibility index (Phi) is 8.71. The number of halogens is 2. The number of piperazine rings is 1. The molecular formula is C27H29ClFN3O6S. The zero-order valence-corrected chi connectivity index (χ0v) is 23.3. The molecule has 3 aromatic carbocycles. The molecule has 0 aromatic heterocycles. The van der Waals surface area contributed by atoms with Gasteiger partial charge in [0, 0.05) is 32.2 Å². The van der Waals surface area contributed by atoms with E-state index < -0.39 is 28.3 Å². The molecule has 0 N–H and O–H groups in total. The van der Waals surface area contributed by atoms with E-state index in [1.165, 1.54) is 44.6 Å². The van der Waals surface area contributed by atoms with Crippen LogP contribution in [-0.2, 0) is 14.8 Å². The van der Waals surface area contributed by atoms with Gasteiger partial charge in [0.25, 0.3) is 10.0 Å². The number of hydrogen-bond acceptors (Lipinski definition) is 7. The lowest BCUT2D eigenvalue weighted by atomic mass is 10.2. The summed E-state index contributed by atoms with van der Waals surface area (Å²) in [6, 6.07) is 15.3. The molecule has 1 saturated heterocycles. The molecule has 0 saturated carbocycles. The van der Waals surface area contributed by atoms with Gasteiger partial charge in [-0.15, -0.1) is 0 Å². The summed E-state index contributed by atoms with van der Waals surface area (Å²) in [7, 11) is 0.134. The Morgan fingerprint density at radius 1 is 0.897 bits per heavy atom. The molecule has 1 aliphatic rings. The number of methoxy groups -OCH3 is 3. The molecule has 39 heavy (non-hydrogen) atoms. The van der Waals surface area contributed by atoms with Crippen LogP contribution >= 0.6 is 11.6 Å².